The minimum absolute atomic E-state index is 0.220. The topological polar surface area (TPSA) is 9.23 Å². The van der Waals surface area contributed by atoms with Crippen LogP contribution in [0.2, 0.25) is 0 Å². The third-order valence-corrected chi connectivity index (χ3v) is 7.15. The van der Waals surface area contributed by atoms with Crippen LogP contribution in [-0.4, -0.2) is 0 Å². The van der Waals surface area contributed by atoms with Crippen molar-refractivity contribution in [3.63, 3.8) is 0 Å². The van der Waals surface area contributed by atoms with Crippen molar-refractivity contribution in [1.29, 1.82) is 0 Å². The van der Waals surface area contributed by atoms with Gasteiger partial charge in [0, 0.05) is 28.4 Å². The van der Waals surface area contributed by atoms with Crippen molar-refractivity contribution in [3.8, 4) is 5.75 Å². The minimum Gasteiger partial charge on any atom is -0.478 e. The van der Waals surface area contributed by atoms with Gasteiger partial charge in [-0.1, -0.05) is 66.7 Å². The summed E-state index contributed by atoms with van der Waals surface area (Å²) in [7, 11) is 0. The van der Waals surface area contributed by atoms with E-state index < -0.39 is 5.60 Å². The van der Waals surface area contributed by atoms with Crippen LogP contribution in [0, 0.1) is 5.82 Å². The first-order valence-electron chi connectivity index (χ1n) is 10.1. The molecule has 146 valence electrons. The van der Waals surface area contributed by atoms with Crippen LogP contribution >= 0.6 is 11.3 Å². The lowest BCUT2D eigenvalue weighted by Gasteiger charge is -2.56. The molecule has 0 amide bonds. The fourth-order valence-electron chi connectivity index (χ4n) is 4.94. The molecular weight excluding hydrogens is 391 g/mol. The highest BCUT2D eigenvalue weighted by atomic mass is 32.1. The molecule has 3 heteroatoms. The van der Waals surface area contributed by atoms with Crippen LogP contribution in [0.3, 0.4) is 0 Å². The van der Waals surface area contributed by atoms with E-state index in [0.29, 0.717) is 0 Å². The van der Waals surface area contributed by atoms with Gasteiger partial charge in [0.2, 0.25) is 0 Å². The number of halogens is 1. The number of ether oxygens (including phenoxy) is 1. The van der Waals surface area contributed by atoms with E-state index in [-0.39, 0.29) is 11.7 Å². The smallest absolute Gasteiger partial charge is 0.157 e. The summed E-state index contributed by atoms with van der Waals surface area (Å²) in [5.74, 6) is 1.03. The molecule has 1 nitrogen and oxygen atoms in total. The third kappa shape index (κ3) is 2.52. The van der Waals surface area contributed by atoms with Gasteiger partial charge in [0.05, 0.1) is 0 Å². The van der Waals surface area contributed by atoms with Gasteiger partial charge in [-0.15, -0.1) is 11.3 Å². The van der Waals surface area contributed by atoms with E-state index >= 15 is 0 Å². The summed E-state index contributed by atoms with van der Waals surface area (Å²) < 4.78 is 20.5. The maximum atomic E-state index is 13.7. The number of para-hydroxylation sites is 1. The van der Waals surface area contributed by atoms with Crippen LogP contribution in [0.15, 0.2) is 102 Å². The molecule has 6 rings (SSSR count). The molecule has 2 aliphatic rings. The molecule has 2 bridgehead atoms. The highest BCUT2D eigenvalue weighted by molar-refractivity contribution is 7.11. The Morgan fingerprint density at radius 2 is 1.63 bits per heavy atom. The molecule has 0 radical (unpaired) electrons. The SMILES string of the molecule is Fc1ccc(/C(=C2\C3CC2(c2ccccc2)Oc2ccccc23)c2cccs2)cc1. The maximum Gasteiger partial charge on any atom is 0.157 e. The Bertz CT molecular complexity index is 1240. The molecule has 1 saturated carbocycles. The second-order valence-corrected chi connectivity index (χ2v) is 8.81. The highest BCUT2D eigenvalue weighted by Crippen LogP contribution is 2.65. The zero-order valence-electron chi connectivity index (χ0n) is 16.2. The average molecular weight is 411 g/mol. The van der Waals surface area contributed by atoms with E-state index in [0.717, 1.165) is 17.7 Å². The Kier molecular flexibility index (Phi) is 3.93. The molecule has 1 aromatic heterocycles. The van der Waals surface area contributed by atoms with Crippen LogP contribution in [-0.2, 0) is 5.60 Å². The van der Waals surface area contributed by atoms with Gasteiger partial charge in [0.25, 0.3) is 0 Å². The van der Waals surface area contributed by atoms with Gasteiger partial charge in [0.1, 0.15) is 11.6 Å². The fourth-order valence-corrected chi connectivity index (χ4v) is 5.75. The first-order chi connectivity index (χ1) is 14.8. The van der Waals surface area contributed by atoms with E-state index in [2.05, 4.69) is 60.0 Å². The second kappa shape index (κ2) is 6.68. The molecule has 0 saturated heterocycles. The van der Waals surface area contributed by atoms with E-state index in [9.17, 15) is 4.39 Å². The third-order valence-electron chi connectivity index (χ3n) is 6.26. The van der Waals surface area contributed by atoms with Gasteiger partial charge >= 0.3 is 0 Å². The van der Waals surface area contributed by atoms with Crippen molar-refractivity contribution in [3.05, 3.63) is 129 Å². The van der Waals surface area contributed by atoms with Crippen molar-refractivity contribution < 1.29 is 9.13 Å². The largest absolute Gasteiger partial charge is 0.478 e. The number of benzene rings is 3. The van der Waals surface area contributed by atoms with Gasteiger partial charge < -0.3 is 4.74 Å². The van der Waals surface area contributed by atoms with Crippen LogP contribution in [0.1, 0.15) is 33.9 Å². The molecule has 1 fully saturated rings. The predicted octanol–water partition coefficient (Wildman–Crippen LogP) is 7.16. The molecule has 1 aliphatic heterocycles. The fraction of sp³-hybridized carbons (Fsp3) is 0.111. The van der Waals surface area contributed by atoms with Crippen LogP contribution in [0.5, 0.6) is 5.75 Å². The molecule has 30 heavy (non-hydrogen) atoms. The summed E-state index contributed by atoms with van der Waals surface area (Å²) in [5.41, 5.74) is 5.39. The summed E-state index contributed by atoms with van der Waals surface area (Å²) in [6, 6.07) is 29.9. The Morgan fingerprint density at radius 3 is 2.40 bits per heavy atom. The van der Waals surface area contributed by atoms with Crippen molar-refractivity contribution in [2.45, 2.75) is 17.9 Å². The summed E-state index contributed by atoms with van der Waals surface area (Å²) in [5, 5.41) is 2.10. The molecule has 2 atom stereocenters. The Balaban J connectivity index is 1.67. The minimum atomic E-state index is -0.492. The van der Waals surface area contributed by atoms with Crippen LogP contribution in [0.25, 0.3) is 5.57 Å². The highest BCUT2D eigenvalue weighted by Gasteiger charge is 2.58. The number of fused-ring (bicyclic) bond motifs is 4. The number of hydrogen-bond donors (Lipinski definition) is 0. The van der Waals surface area contributed by atoms with Gasteiger partial charge in [-0.25, -0.2) is 4.39 Å². The predicted molar refractivity (Wildman–Crippen MR) is 119 cm³/mol. The van der Waals surface area contributed by atoms with Gasteiger partial charge in [-0.05, 0) is 46.3 Å². The lowest BCUT2D eigenvalue weighted by Crippen LogP contribution is -2.52. The number of hydrogen-bond acceptors (Lipinski definition) is 2. The van der Waals surface area contributed by atoms with Gasteiger partial charge in [-0.2, -0.15) is 0 Å². The lowest BCUT2D eigenvalue weighted by atomic mass is 9.56. The van der Waals surface area contributed by atoms with Crippen LogP contribution < -0.4 is 4.74 Å². The Hall–Kier alpha value is -3.17. The molecule has 2 heterocycles. The summed E-state index contributed by atoms with van der Waals surface area (Å²) >= 11 is 1.71. The first-order valence-corrected chi connectivity index (χ1v) is 11.0. The number of rotatable bonds is 3. The van der Waals surface area contributed by atoms with Crippen molar-refractivity contribution >= 4 is 16.9 Å². The molecule has 4 aromatic rings. The molecule has 0 spiro atoms. The van der Waals surface area contributed by atoms with Crippen molar-refractivity contribution in [2.24, 2.45) is 0 Å². The molecule has 2 unspecified atom stereocenters. The zero-order chi connectivity index (χ0) is 20.1. The van der Waals surface area contributed by atoms with Crippen LogP contribution in [0.4, 0.5) is 4.39 Å². The summed E-state index contributed by atoms with van der Waals surface area (Å²) in [4.78, 5) is 1.18. The molecule has 0 N–H and O–H groups in total. The molecule has 1 aliphatic carbocycles. The normalized spacial score (nSPS) is 23.2. The van der Waals surface area contributed by atoms with Crippen molar-refractivity contribution in [1.82, 2.24) is 0 Å². The summed E-state index contributed by atoms with van der Waals surface area (Å²) in [6.45, 7) is 0. The lowest BCUT2D eigenvalue weighted by molar-refractivity contribution is 0.0145. The molecular formula is C27H19FOS. The monoisotopic (exact) mass is 410 g/mol. The second-order valence-electron chi connectivity index (χ2n) is 7.86. The Labute approximate surface area is 179 Å². The first kappa shape index (κ1) is 17.7. The van der Waals surface area contributed by atoms with Gasteiger partial charge in [-0.3, -0.25) is 0 Å². The maximum absolute atomic E-state index is 13.7. The zero-order valence-corrected chi connectivity index (χ0v) is 17.0. The quantitative estimate of drug-likeness (QED) is 0.348. The van der Waals surface area contributed by atoms with Gasteiger partial charge in [0.15, 0.2) is 5.60 Å². The standard InChI is InChI=1S/C27H19FOS/c28-20-14-12-18(13-15-20)25(24-11-6-16-30-24)26-22-17-27(26,19-7-2-1-3-8-19)29-23-10-5-4-9-21(22)23/h1-16,22H,17H2/b26-25-. The van der Waals surface area contributed by atoms with E-state index in [1.165, 1.54) is 27.2 Å². The van der Waals surface area contributed by atoms with Crippen molar-refractivity contribution in [2.75, 3.05) is 0 Å². The van der Waals surface area contributed by atoms with E-state index in [4.69, 9.17) is 4.74 Å². The summed E-state index contributed by atoms with van der Waals surface area (Å²) in [6.07, 6.45) is 0.916. The van der Waals surface area contributed by atoms with E-state index in [1.54, 1.807) is 23.5 Å². The average Bonchev–Trinajstić information content (AvgIpc) is 3.32. The van der Waals surface area contributed by atoms with E-state index in [1.807, 2.05) is 24.3 Å². The molecule has 3 aromatic carbocycles. The Morgan fingerprint density at radius 1 is 0.867 bits per heavy atom. The number of thiophene rings is 1.